The minimum atomic E-state index is -0.0809. The van der Waals surface area contributed by atoms with Crippen molar-refractivity contribution in [3.8, 4) is 0 Å². The van der Waals surface area contributed by atoms with Gasteiger partial charge in [0.2, 0.25) is 0 Å². The van der Waals surface area contributed by atoms with Gasteiger partial charge in [0.1, 0.15) is 23.4 Å². The summed E-state index contributed by atoms with van der Waals surface area (Å²) in [6, 6.07) is 0. The molecule has 0 spiro atoms. The maximum Gasteiger partial charge on any atom is 0.110 e. The van der Waals surface area contributed by atoms with Gasteiger partial charge in [0.05, 0.1) is 13.2 Å². The molecule has 3 nitrogen and oxygen atoms in total. The van der Waals surface area contributed by atoms with E-state index in [0.717, 1.165) is 13.2 Å². The van der Waals surface area contributed by atoms with Crippen LogP contribution < -0.4 is 0 Å². The molecule has 0 radical (unpaired) electrons. The van der Waals surface area contributed by atoms with Crippen LogP contribution in [0.25, 0.3) is 0 Å². The van der Waals surface area contributed by atoms with Crippen molar-refractivity contribution in [2.75, 3.05) is 13.2 Å². The van der Waals surface area contributed by atoms with E-state index in [1.165, 1.54) is 205 Å². The van der Waals surface area contributed by atoms with Crippen molar-refractivity contribution in [1.29, 1.82) is 0 Å². The van der Waals surface area contributed by atoms with Crippen LogP contribution in [-0.2, 0) is 14.2 Å². The average molecular weight is 631 g/mol. The normalized spacial score (nSPS) is 25.2. The summed E-state index contributed by atoms with van der Waals surface area (Å²) in [4.78, 5) is 0. The molecule has 4 atom stereocenters. The van der Waals surface area contributed by atoms with Crippen LogP contribution >= 0.6 is 0 Å². The van der Waals surface area contributed by atoms with E-state index in [0.29, 0.717) is 24.0 Å². The molecule has 0 bridgehead atoms. The first-order valence-corrected chi connectivity index (χ1v) is 21.2. The third-order valence-electron chi connectivity index (χ3n) is 12.6. The lowest BCUT2D eigenvalue weighted by Gasteiger charge is -2.52. The SMILES string of the molecule is CCCCCCCCCCCCC(OC(CCCCCCCCCCCC)(C1CCCCC1)C1CO1)(C1CCCCC1)C1CO1. The highest BCUT2D eigenvalue weighted by molar-refractivity contribution is 5.09. The van der Waals surface area contributed by atoms with Gasteiger partial charge in [-0.3, -0.25) is 0 Å². The Morgan fingerprint density at radius 2 is 0.711 bits per heavy atom. The third kappa shape index (κ3) is 12.7. The van der Waals surface area contributed by atoms with Crippen LogP contribution in [0.3, 0.4) is 0 Å². The maximum atomic E-state index is 8.07. The van der Waals surface area contributed by atoms with Crippen LogP contribution in [0.15, 0.2) is 0 Å². The molecular weight excluding hydrogens is 552 g/mol. The second kappa shape index (κ2) is 21.8. The molecule has 4 rings (SSSR count). The van der Waals surface area contributed by atoms with Gasteiger partial charge in [0, 0.05) is 0 Å². The molecule has 2 aliphatic carbocycles. The molecule has 264 valence electrons. The highest BCUT2D eigenvalue weighted by Crippen LogP contribution is 2.54. The van der Waals surface area contributed by atoms with E-state index >= 15 is 0 Å². The van der Waals surface area contributed by atoms with Gasteiger partial charge in [-0.15, -0.1) is 0 Å². The van der Waals surface area contributed by atoms with Gasteiger partial charge in [-0.2, -0.15) is 0 Å². The molecule has 3 heteroatoms. The fourth-order valence-corrected chi connectivity index (χ4v) is 9.63. The van der Waals surface area contributed by atoms with Crippen molar-refractivity contribution in [2.45, 2.75) is 243 Å². The number of unbranched alkanes of at least 4 members (excludes halogenated alkanes) is 18. The van der Waals surface area contributed by atoms with Crippen LogP contribution in [0, 0.1) is 11.8 Å². The average Bonchev–Trinajstić information content (AvgIpc) is 4.00. The fraction of sp³-hybridized carbons (Fsp3) is 1.00. The highest BCUT2D eigenvalue weighted by Gasteiger charge is 2.61. The van der Waals surface area contributed by atoms with Crippen molar-refractivity contribution in [1.82, 2.24) is 0 Å². The number of hydrogen-bond donors (Lipinski definition) is 0. The summed E-state index contributed by atoms with van der Waals surface area (Å²) in [6.07, 6.45) is 44.9. The second-order valence-corrected chi connectivity index (χ2v) is 16.2. The van der Waals surface area contributed by atoms with E-state index in [1.807, 2.05) is 0 Å². The quantitative estimate of drug-likeness (QED) is 0.0637. The summed E-state index contributed by atoms with van der Waals surface area (Å²) < 4.78 is 20.8. The van der Waals surface area contributed by atoms with Crippen molar-refractivity contribution < 1.29 is 14.2 Å². The molecule has 4 aliphatic rings. The monoisotopic (exact) mass is 631 g/mol. The highest BCUT2D eigenvalue weighted by atomic mass is 16.6. The number of rotatable bonds is 28. The molecule has 4 unspecified atom stereocenters. The predicted molar refractivity (Wildman–Crippen MR) is 192 cm³/mol. The lowest BCUT2D eigenvalue weighted by Crippen LogP contribution is -2.58. The summed E-state index contributed by atoms with van der Waals surface area (Å²) in [6.45, 7) is 6.49. The van der Waals surface area contributed by atoms with Crippen LogP contribution in [0.1, 0.15) is 219 Å². The Kier molecular flexibility index (Phi) is 18.2. The Balaban J connectivity index is 1.37. The van der Waals surface area contributed by atoms with Crippen LogP contribution in [0.2, 0.25) is 0 Å². The minimum Gasteiger partial charge on any atom is -0.370 e. The first-order chi connectivity index (χ1) is 22.2. The zero-order valence-electron chi connectivity index (χ0n) is 30.6. The van der Waals surface area contributed by atoms with Gasteiger partial charge in [0.25, 0.3) is 0 Å². The second-order valence-electron chi connectivity index (χ2n) is 16.2. The fourth-order valence-electron chi connectivity index (χ4n) is 9.63. The Morgan fingerprint density at radius 1 is 0.422 bits per heavy atom. The third-order valence-corrected chi connectivity index (χ3v) is 12.6. The summed E-state index contributed by atoms with van der Waals surface area (Å²) in [7, 11) is 0. The minimum absolute atomic E-state index is 0.0809. The van der Waals surface area contributed by atoms with Gasteiger partial charge in [-0.05, 0) is 50.4 Å². The van der Waals surface area contributed by atoms with Gasteiger partial charge in [-0.25, -0.2) is 0 Å². The van der Waals surface area contributed by atoms with Crippen LogP contribution in [-0.4, -0.2) is 36.6 Å². The number of ether oxygens (including phenoxy) is 3. The Bertz CT molecular complexity index is 659. The molecule has 2 heterocycles. The largest absolute Gasteiger partial charge is 0.370 e. The van der Waals surface area contributed by atoms with E-state index in [1.54, 1.807) is 0 Å². The first-order valence-electron chi connectivity index (χ1n) is 21.2. The molecule has 0 amide bonds. The lowest BCUT2D eigenvalue weighted by atomic mass is 9.69. The Labute approximate surface area is 281 Å². The Hall–Kier alpha value is -0.120. The van der Waals surface area contributed by atoms with Crippen LogP contribution in [0.4, 0.5) is 0 Å². The predicted octanol–water partition coefficient (Wildman–Crippen LogP) is 13.1. The molecule has 2 aliphatic heterocycles. The molecule has 0 aromatic carbocycles. The standard InChI is InChI=1S/C42H78O3/c1-3-5-7-9-11-13-15-17-19-27-33-41(39-35-43-39,37-29-23-21-24-30-37)45-42(40-36-44-40,38-31-25-22-26-32-38)34-28-20-18-16-14-12-10-8-6-4-2/h37-40H,3-36H2,1-2H3. The first kappa shape index (κ1) is 37.7. The summed E-state index contributed by atoms with van der Waals surface area (Å²) in [5.74, 6) is 1.35. The summed E-state index contributed by atoms with van der Waals surface area (Å²) in [5, 5.41) is 0. The van der Waals surface area contributed by atoms with Crippen LogP contribution in [0.5, 0.6) is 0 Å². The summed E-state index contributed by atoms with van der Waals surface area (Å²) in [5.41, 5.74) is -0.162. The van der Waals surface area contributed by atoms with Gasteiger partial charge < -0.3 is 14.2 Å². The van der Waals surface area contributed by atoms with E-state index in [2.05, 4.69) is 13.8 Å². The molecule has 0 aromatic heterocycles. The van der Waals surface area contributed by atoms with Crippen molar-refractivity contribution in [3.05, 3.63) is 0 Å². The van der Waals surface area contributed by atoms with E-state index in [-0.39, 0.29) is 11.2 Å². The molecule has 2 saturated heterocycles. The topological polar surface area (TPSA) is 34.3 Å². The summed E-state index contributed by atoms with van der Waals surface area (Å²) >= 11 is 0. The van der Waals surface area contributed by atoms with Gasteiger partial charge in [0.15, 0.2) is 0 Å². The molecule has 2 saturated carbocycles. The zero-order chi connectivity index (χ0) is 31.5. The molecule has 0 aromatic rings. The van der Waals surface area contributed by atoms with Crippen molar-refractivity contribution in [2.24, 2.45) is 11.8 Å². The van der Waals surface area contributed by atoms with Crippen molar-refractivity contribution >= 4 is 0 Å². The Morgan fingerprint density at radius 3 is 1.00 bits per heavy atom. The van der Waals surface area contributed by atoms with E-state index in [9.17, 15) is 0 Å². The van der Waals surface area contributed by atoms with E-state index in [4.69, 9.17) is 14.2 Å². The molecular formula is C42H78O3. The molecule has 45 heavy (non-hydrogen) atoms. The molecule has 0 N–H and O–H groups in total. The van der Waals surface area contributed by atoms with Gasteiger partial charge in [-0.1, -0.05) is 181 Å². The van der Waals surface area contributed by atoms with Gasteiger partial charge >= 0.3 is 0 Å². The molecule has 4 fully saturated rings. The van der Waals surface area contributed by atoms with E-state index < -0.39 is 0 Å². The zero-order valence-corrected chi connectivity index (χ0v) is 30.6. The number of hydrogen-bond acceptors (Lipinski definition) is 3. The maximum absolute atomic E-state index is 8.07. The van der Waals surface area contributed by atoms with Crippen molar-refractivity contribution in [3.63, 3.8) is 0 Å². The smallest absolute Gasteiger partial charge is 0.110 e. The lowest BCUT2D eigenvalue weighted by molar-refractivity contribution is -0.235. The number of epoxide rings is 2.